The summed E-state index contributed by atoms with van der Waals surface area (Å²) in [5.41, 5.74) is -0.0197. The molecular weight excluding hydrogens is 228 g/mol. The van der Waals surface area contributed by atoms with Crippen LogP contribution in [-0.2, 0) is 0 Å². The second kappa shape index (κ2) is 5.70. The summed E-state index contributed by atoms with van der Waals surface area (Å²) in [7, 11) is 0. The molecule has 16 heavy (non-hydrogen) atoms. The minimum absolute atomic E-state index is 0.0245. The van der Waals surface area contributed by atoms with E-state index < -0.39 is 0 Å². The van der Waals surface area contributed by atoms with Crippen molar-refractivity contribution in [1.82, 2.24) is 10.3 Å². The second-order valence-electron chi connectivity index (χ2n) is 4.00. The lowest BCUT2D eigenvalue weighted by Gasteiger charge is -2.06. The van der Waals surface area contributed by atoms with E-state index in [1.165, 1.54) is 12.3 Å². The van der Waals surface area contributed by atoms with Gasteiger partial charge in [-0.25, -0.2) is 0 Å². The molecule has 1 aromatic heterocycles. The smallest absolute Gasteiger partial charge is 0.266 e. The Morgan fingerprint density at radius 2 is 2.25 bits per heavy atom. The average molecular weight is 243 g/mol. The minimum Gasteiger partial charge on any atom is -0.352 e. The van der Waals surface area contributed by atoms with Crippen molar-refractivity contribution < 1.29 is 4.79 Å². The molecule has 0 aliphatic rings. The van der Waals surface area contributed by atoms with Gasteiger partial charge in [-0.3, -0.25) is 9.59 Å². The third-order valence-corrected chi connectivity index (χ3v) is 2.41. The predicted octanol–water partition coefficient (Wildman–Crippen LogP) is 1.80. The molecule has 0 saturated carbocycles. The molecular formula is C11H15ClN2O2. The first-order valence-electron chi connectivity index (χ1n) is 5.17. The van der Waals surface area contributed by atoms with Crippen molar-refractivity contribution in [3.8, 4) is 0 Å². The van der Waals surface area contributed by atoms with Crippen LogP contribution >= 0.6 is 11.6 Å². The molecule has 1 heterocycles. The number of carbonyl (C=O) groups is 1. The van der Waals surface area contributed by atoms with Crippen LogP contribution in [0, 0.1) is 5.92 Å². The lowest BCUT2D eigenvalue weighted by molar-refractivity contribution is 0.0951. The molecule has 0 saturated heterocycles. The van der Waals surface area contributed by atoms with E-state index in [0.717, 1.165) is 6.42 Å². The van der Waals surface area contributed by atoms with Crippen molar-refractivity contribution in [2.75, 3.05) is 6.54 Å². The fourth-order valence-corrected chi connectivity index (χ4v) is 1.34. The van der Waals surface area contributed by atoms with Crippen LogP contribution in [0.25, 0.3) is 0 Å². The second-order valence-corrected chi connectivity index (χ2v) is 4.41. The Kier molecular flexibility index (Phi) is 4.55. The highest BCUT2D eigenvalue weighted by molar-refractivity contribution is 6.30. The van der Waals surface area contributed by atoms with Crippen LogP contribution in [0.2, 0.25) is 5.02 Å². The van der Waals surface area contributed by atoms with E-state index in [4.69, 9.17) is 11.6 Å². The SMILES string of the molecule is CC(C)CCNC(=O)c1c[nH]c(=O)c(Cl)c1. The number of pyridine rings is 1. The van der Waals surface area contributed by atoms with Crippen molar-refractivity contribution in [2.24, 2.45) is 5.92 Å². The van der Waals surface area contributed by atoms with E-state index in [1.807, 2.05) is 0 Å². The van der Waals surface area contributed by atoms with Crippen molar-refractivity contribution in [3.05, 3.63) is 33.2 Å². The summed E-state index contributed by atoms with van der Waals surface area (Å²) < 4.78 is 0. The molecule has 0 aliphatic carbocycles. The zero-order valence-corrected chi connectivity index (χ0v) is 10.1. The molecule has 0 spiro atoms. The van der Waals surface area contributed by atoms with Gasteiger partial charge in [0.1, 0.15) is 5.02 Å². The average Bonchev–Trinajstić information content (AvgIpc) is 2.21. The molecule has 4 nitrogen and oxygen atoms in total. The zero-order chi connectivity index (χ0) is 12.1. The van der Waals surface area contributed by atoms with E-state index >= 15 is 0 Å². The van der Waals surface area contributed by atoms with Crippen LogP contribution in [-0.4, -0.2) is 17.4 Å². The highest BCUT2D eigenvalue weighted by Crippen LogP contribution is 2.04. The number of hydrogen-bond acceptors (Lipinski definition) is 2. The summed E-state index contributed by atoms with van der Waals surface area (Å²) in [4.78, 5) is 25.0. The summed E-state index contributed by atoms with van der Waals surface area (Å²) >= 11 is 5.62. The number of H-pyrrole nitrogens is 1. The van der Waals surface area contributed by atoms with Crippen molar-refractivity contribution in [3.63, 3.8) is 0 Å². The first kappa shape index (κ1) is 12.8. The molecule has 0 bridgehead atoms. The van der Waals surface area contributed by atoms with E-state index in [1.54, 1.807) is 0 Å². The maximum absolute atomic E-state index is 11.6. The number of aromatic nitrogens is 1. The Hall–Kier alpha value is -1.29. The van der Waals surface area contributed by atoms with Gasteiger partial charge in [0.2, 0.25) is 0 Å². The van der Waals surface area contributed by atoms with Crippen LogP contribution in [0.15, 0.2) is 17.1 Å². The van der Waals surface area contributed by atoms with Gasteiger partial charge in [0.15, 0.2) is 0 Å². The summed E-state index contributed by atoms with van der Waals surface area (Å²) in [5.74, 6) is 0.318. The third-order valence-electron chi connectivity index (χ3n) is 2.13. The summed E-state index contributed by atoms with van der Waals surface area (Å²) in [5, 5.41) is 2.78. The van der Waals surface area contributed by atoms with Gasteiger partial charge in [-0.05, 0) is 18.4 Å². The maximum Gasteiger partial charge on any atom is 0.266 e. The molecule has 0 aliphatic heterocycles. The summed E-state index contributed by atoms with van der Waals surface area (Å²) in [6.45, 7) is 4.79. The minimum atomic E-state index is -0.389. The van der Waals surface area contributed by atoms with Gasteiger partial charge < -0.3 is 10.3 Å². The molecule has 1 rings (SSSR count). The van der Waals surface area contributed by atoms with Gasteiger partial charge >= 0.3 is 0 Å². The van der Waals surface area contributed by atoms with Gasteiger partial charge in [-0.15, -0.1) is 0 Å². The number of halogens is 1. The Labute approximate surface area is 99.0 Å². The zero-order valence-electron chi connectivity index (χ0n) is 9.34. The third kappa shape index (κ3) is 3.70. The van der Waals surface area contributed by atoms with E-state index in [0.29, 0.717) is 18.0 Å². The van der Waals surface area contributed by atoms with Gasteiger partial charge in [0.05, 0.1) is 5.56 Å². The predicted molar refractivity (Wildman–Crippen MR) is 63.9 cm³/mol. The molecule has 1 aromatic rings. The number of carbonyl (C=O) groups excluding carboxylic acids is 1. The number of hydrogen-bond donors (Lipinski definition) is 2. The van der Waals surface area contributed by atoms with Crippen LogP contribution in [0.4, 0.5) is 0 Å². The normalized spacial score (nSPS) is 10.5. The fourth-order valence-electron chi connectivity index (χ4n) is 1.16. The van der Waals surface area contributed by atoms with Crippen LogP contribution in [0.3, 0.4) is 0 Å². The van der Waals surface area contributed by atoms with Crippen molar-refractivity contribution in [2.45, 2.75) is 20.3 Å². The molecule has 0 radical (unpaired) electrons. The Bertz CT molecular complexity index is 426. The Balaban J connectivity index is 2.60. The first-order chi connectivity index (χ1) is 7.50. The topological polar surface area (TPSA) is 62.0 Å². The molecule has 1 amide bonds. The number of nitrogens with one attached hydrogen (secondary N) is 2. The monoisotopic (exact) mass is 242 g/mol. The molecule has 0 atom stereocenters. The fraction of sp³-hybridized carbons (Fsp3) is 0.455. The Morgan fingerprint density at radius 1 is 1.56 bits per heavy atom. The van der Waals surface area contributed by atoms with Crippen LogP contribution in [0.1, 0.15) is 30.6 Å². The van der Waals surface area contributed by atoms with E-state index in [9.17, 15) is 9.59 Å². The first-order valence-corrected chi connectivity index (χ1v) is 5.55. The molecule has 88 valence electrons. The summed E-state index contributed by atoms with van der Waals surface area (Å²) in [6.07, 6.45) is 2.28. The van der Waals surface area contributed by atoms with Crippen molar-refractivity contribution >= 4 is 17.5 Å². The Morgan fingerprint density at radius 3 is 2.81 bits per heavy atom. The summed E-state index contributed by atoms with van der Waals surface area (Å²) in [6, 6.07) is 1.37. The van der Waals surface area contributed by atoms with E-state index in [2.05, 4.69) is 24.1 Å². The maximum atomic E-state index is 11.6. The lowest BCUT2D eigenvalue weighted by Crippen LogP contribution is -2.26. The molecule has 5 heteroatoms. The van der Waals surface area contributed by atoms with Gasteiger partial charge in [-0.2, -0.15) is 0 Å². The quantitative estimate of drug-likeness (QED) is 0.846. The van der Waals surface area contributed by atoms with Crippen molar-refractivity contribution in [1.29, 1.82) is 0 Å². The standard InChI is InChI=1S/C11H15ClN2O2/c1-7(2)3-4-13-10(15)8-5-9(12)11(16)14-6-8/h5-7H,3-4H2,1-2H3,(H,13,15)(H,14,16). The van der Waals surface area contributed by atoms with E-state index in [-0.39, 0.29) is 16.5 Å². The molecule has 0 unspecified atom stereocenters. The highest BCUT2D eigenvalue weighted by Gasteiger charge is 2.07. The van der Waals surface area contributed by atoms with Gasteiger partial charge in [-0.1, -0.05) is 25.4 Å². The molecule has 0 aromatic carbocycles. The van der Waals surface area contributed by atoms with Gasteiger partial charge in [0, 0.05) is 12.7 Å². The number of aromatic amines is 1. The molecule has 2 N–H and O–H groups in total. The van der Waals surface area contributed by atoms with Gasteiger partial charge in [0.25, 0.3) is 11.5 Å². The highest BCUT2D eigenvalue weighted by atomic mass is 35.5. The lowest BCUT2D eigenvalue weighted by atomic mass is 10.1. The molecule has 0 fully saturated rings. The van der Waals surface area contributed by atoms with Crippen LogP contribution in [0.5, 0.6) is 0 Å². The number of rotatable bonds is 4. The largest absolute Gasteiger partial charge is 0.352 e. The number of amides is 1. The van der Waals surface area contributed by atoms with Crippen LogP contribution < -0.4 is 10.9 Å².